The van der Waals surface area contributed by atoms with Crippen LogP contribution in [0.5, 0.6) is 0 Å². The van der Waals surface area contributed by atoms with E-state index >= 15 is 0 Å². The van der Waals surface area contributed by atoms with Crippen LogP contribution in [-0.4, -0.2) is 51.2 Å². The Kier molecular flexibility index (Phi) is 6.95. The van der Waals surface area contributed by atoms with Crippen molar-refractivity contribution in [2.45, 2.75) is 26.3 Å². The number of thiazole rings is 1. The fourth-order valence-corrected chi connectivity index (χ4v) is 4.08. The second kappa shape index (κ2) is 9.61. The van der Waals surface area contributed by atoms with Crippen molar-refractivity contribution in [3.8, 4) is 10.6 Å². The van der Waals surface area contributed by atoms with E-state index in [4.69, 9.17) is 0 Å². The summed E-state index contributed by atoms with van der Waals surface area (Å²) in [7, 11) is 1.87. The Bertz CT molecular complexity index is 885. The maximum atomic E-state index is 12.6. The number of rotatable bonds is 9. The summed E-state index contributed by atoms with van der Waals surface area (Å²) in [6, 6.07) is 10.7. The molecular weight excluding hydrogens is 370 g/mol. The minimum Gasteiger partial charge on any atom is -0.349 e. The topological polar surface area (TPSA) is 63.1 Å². The Morgan fingerprint density at radius 1 is 1.25 bits per heavy atom. The Labute approximate surface area is 170 Å². The maximum Gasteiger partial charge on any atom is 0.270 e. The number of aryl methyl sites for hydroxylation is 1. The average molecular weight is 398 g/mol. The van der Waals surface area contributed by atoms with Crippen LogP contribution in [0.1, 0.15) is 29.9 Å². The minimum absolute atomic E-state index is 0.128. The van der Waals surface area contributed by atoms with E-state index in [2.05, 4.69) is 58.4 Å². The molecule has 148 valence electrons. The molecule has 7 heteroatoms. The molecule has 28 heavy (non-hydrogen) atoms. The fraction of sp³-hybridized carbons (Fsp3) is 0.381. The predicted octanol–water partition coefficient (Wildman–Crippen LogP) is 3.23. The van der Waals surface area contributed by atoms with Crippen molar-refractivity contribution in [1.29, 1.82) is 0 Å². The third-order valence-electron chi connectivity index (χ3n) is 4.83. The summed E-state index contributed by atoms with van der Waals surface area (Å²) >= 11 is 1.46. The third-order valence-corrected chi connectivity index (χ3v) is 5.72. The van der Waals surface area contributed by atoms with Crippen molar-refractivity contribution in [3.63, 3.8) is 0 Å². The summed E-state index contributed by atoms with van der Waals surface area (Å²) in [4.78, 5) is 19.5. The third kappa shape index (κ3) is 5.05. The molecule has 1 amide bonds. The van der Waals surface area contributed by atoms with Gasteiger partial charge < -0.3 is 5.32 Å². The van der Waals surface area contributed by atoms with Crippen LogP contribution in [0.15, 0.2) is 48.1 Å². The van der Waals surface area contributed by atoms with Crippen LogP contribution in [0.2, 0.25) is 0 Å². The Morgan fingerprint density at radius 3 is 2.64 bits per heavy atom. The number of carbonyl (C=O) groups excluding carboxylic acids is 1. The van der Waals surface area contributed by atoms with Crippen LogP contribution in [0.25, 0.3) is 10.6 Å². The van der Waals surface area contributed by atoms with Crippen molar-refractivity contribution in [1.82, 2.24) is 25.0 Å². The number of nitrogens with zero attached hydrogens (tertiary/aromatic N) is 4. The Balaban J connectivity index is 1.65. The minimum atomic E-state index is -0.128. The summed E-state index contributed by atoms with van der Waals surface area (Å²) in [5.74, 6) is -0.128. The van der Waals surface area contributed by atoms with Gasteiger partial charge in [0, 0.05) is 36.8 Å². The lowest BCUT2D eigenvalue weighted by molar-refractivity contribution is 0.0930. The summed E-state index contributed by atoms with van der Waals surface area (Å²) in [5.41, 5.74) is 2.67. The van der Waals surface area contributed by atoms with E-state index in [0.717, 1.165) is 30.1 Å². The number of aromatic nitrogens is 3. The molecule has 0 saturated carbocycles. The number of likely N-dealkylation sites (N-methyl/N-ethyl adjacent to an activating group) is 1. The lowest BCUT2D eigenvalue weighted by Gasteiger charge is -2.30. The van der Waals surface area contributed by atoms with Gasteiger partial charge in [-0.3, -0.25) is 14.4 Å². The molecule has 0 radical (unpaired) electrons. The van der Waals surface area contributed by atoms with Crippen molar-refractivity contribution < 1.29 is 4.79 Å². The Morgan fingerprint density at radius 2 is 2.00 bits per heavy atom. The van der Waals surface area contributed by atoms with E-state index < -0.39 is 0 Å². The van der Waals surface area contributed by atoms with Gasteiger partial charge in [-0.25, -0.2) is 4.98 Å². The lowest BCUT2D eigenvalue weighted by Crippen LogP contribution is -2.45. The molecule has 0 fully saturated rings. The molecule has 1 aromatic carbocycles. The average Bonchev–Trinajstić information content (AvgIpc) is 3.36. The van der Waals surface area contributed by atoms with Crippen molar-refractivity contribution in [3.05, 3.63) is 59.4 Å². The van der Waals surface area contributed by atoms with E-state index in [1.165, 1.54) is 16.9 Å². The fourth-order valence-electron chi connectivity index (χ4n) is 3.30. The first kappa shape index (κ1) is 20.2. The molecule has 3 aromatic rings. The highest BCUT2D eigenvalue weighted by atomic mass is 32.1. The molecule has 1 unspecified atom stereocenters. The number of benzene rings is 1. The van der Waals surface area contributed by atoms with Crippen LogP contribution < -0.4 is 5.32 Å². The number of amides is 1. The highest BCUT2D eigenvalue weighted by Gasteiger charge is 2.19. The van der Waals surface area contributed by atoms with Gasteiger partial charge in [-0.05, 0) is 25.1 Å². The number of hydrogen-bond donors (Lipinski definition) is 1. The zero-order valence-electron chi connectivity index (χ0n) is 16.6. The van der Waals surface area contributed by atoms with Crippen LogP contribution in [0.3, 0.4) is 0 Å². The highest BCUT2D eigenvalue weighted by molar-refractivity contribution is 7.13. The molecule has 0 aliphatic rings. The number of nitrogens with one attached hydrogen (secondary N) is 1. The van der Waals surface area contributed by atoms with Crippen LogP contribution in [0.4, 0.5) is 0 Å². The monoisotopic (exact) mass is 397 g/mol. The van der Waals surface area contributed by atoms with Crippen molar-refractivity contribution in [2.75, 3.05) is 19.6 Å². The molecule has 0 aliphatic heterocycles. The molecule has 0 spiro atoms. The summed E-state index contributed by atoms with van der Waals surface area (Å²) in [6.07, 6.45) is 4.56. The molecular formula is C21H27N5OS. The maximum absolute atomic E-state index is 12.6. The van der Waals surface area contributed by atoms with Gasteiger partial charge in [-0.15, -0.1) is 11.3 Å². The molecule has 2 heterocycles. The van der Waals surface area contributed by atoms with Crippen molar-refractivity contribution in [2.24, 2.45) is 7.05 Å². The van der Waals surface area contributed by atoms with Crippen LogP contribution in [0, 0.1) is 0 Å². The molecule has 1 N–H and O–H groups in total. The zero-order chi connectivity index (χ0) is 19.9. The van der Waals surface area contributed by atoms with Gasteiger partial charge in [0.05, 0.1) is 6.20 Å². The first-order chi connectivity index (χ1) is 13.6. The highest BCUT2D eigenvalue weighted by Crippen LogP contribution is 2.22. The van der Waals surface area contributed by atoms with E-state index in [-0.39, 0.29) is 11.9 Å². The van der Waals surface area contributed by atoms with Crippen LogP contribution >= 0.6 is 11.3 Å². The summed E-state index contributed by atoms with van der Waals surface area (Å²) in [6.45, 7) is 6.81. The normalized spacial score (nSPS) is 12.3. The van der Waals surface area contributed by atoms with E-state index in [1.54, 1.807) is 16.3 Å². The molecule has 1 atom stereocenters. The van der Waals surface area contributed by atoms with Crippen LogP contribution in [-0.2, 0) is 13.5 Å². The summed E-state index contributed by atoms with van der Waals surface area (Å²) < 4.78 is 1.73. The first-order valence-electron chi connectivity index (χ1n) is 9.61. The molecule has 0 aliphatic carbocycles. The van der Waals surface area contributed by atoms with Gasteiger partial charge >= 0.3 is 0 Å². The van der Waals surface area contributed by atoms with Crippen molar-refractivity contribution >= 4 is 17.2 Å². The Hall–Kier alpha value is -2.51. The molecule has 6 nitrogen and oxygen atoms in total. The predicted molar refractivity (Wildman–Crippen MR) is 114 cm³/mol. The zero-order valence-corrected chi connectivity index (χ0v) is 17.4. The van der Waals surface area contributed by atoms with E-state index in [0.29, 0.717) is 12.2 Å². The molecule has 0 bridgehead atoms. The SMILES string of the molecule is CCN(CC)C(CNC(=O)c1csc(-c2cnn(C)c2)n1)Cc1ccccc1. The van der Waals surface area contributed by atoms with Gasteiger partial charge in [-0.2, -0.15) is 5.10 Å². The lowest BCUT2D eigenvalue weighted by atomic mass is 10.0. The molecule has 2 aromatic heterocycles. The van der Waals surface area contributed by atoms with Gasteiger partial charge in [0.25, 0.3) is 5.91 Å². The number of carbonyl (C=O) groups is 1. The molecule has 0 saturated heterocycles. The largest absolute Gasteiger partial charge is 0.349 e. The second-order valence-corrected chi connectivity index (χ2v) is 7.57. The first-order valence-corrected chi connectivity index (χ1v) is 10.5. The quantitative estimate of drug-likeness (QED) is 0.602. The van der Waals surface area contributed by atoms with E-state index in [1.807, 2.05) is 19.3 Å². The standard InChI is InChI=1S/C21H27N5OS/c1-4-26(5-2)18(11-16-9-7-6-8-10-16)13-22-20(27)19-15-28-21(24-19)17-12-23-25(3)14-17/h6-10,12,14-15,18H,4-5,11,13H2,1-3H3,(H,22,27). The number of hydrogen-bond acceptors (Lipinski definition) is 5. The smallest absolute Gasteiger partial charge is 0.270 e. The van der Waals surface area contributed by atoms with E-state index in [9.17, 15) is 4.79 Å². The van der Waals surface area contributed by atoms with Gasteiger partial charge in [0.1, 0.15) is 10.7 Å². The van der Waals surface area contributed by atoms with Gasteiger partial charge in [-0.1, -0.05) is 44.2 Å². The van der Waals surface area contributed by atoms with Gasteiger partial charge in [0.15, 0.2) is 0 Å². The summed E-state index contributed by atoms with van der Waals surface area (Å²) in [5, 5.41) is 9.86. The van der Waals surface area contributed by atoms with Gasteiger partial charge in [0.2, 0.25) is 0 Å². The molecule has 3 rings (SSSR count). The second-order valence-electron chi connectivity index (χ2n) is 6.72.